The maximum Gasteiger partial charge on any atom is 0.183 e. The summed E-state index contributed by atoms with van der Waals surface area (Å²) in [6.07, 6.45) is 2.65. The van der Waals surface area contributed by atoms with Crippen molar-refractivity contribution < 1.29 is 0 Å². The molecule has 1 aliphatic rings. The van der Waals surface area contributed by atoms with Crippen LogP contribution in [0, 0.1) is 0 Å². The number of benzene rings is 1. The minimum absolute atomic E-state index is 0.387. The quantitative estimate of drug-likeness (QED) is 0.870. The first-order chi connectivity index (χ1) is 8.65. The fourth-order valence-corrected chi connectivity index (χ4v) is 4.65. The zero-order valence-electron chi connectivity index (χ0n) is 10.2. The van der Waals surface area contributed by atoms with Crippen molar-refractivity contribution in [2.45, 2.75) is 24.5 Å². The van der Waals surface area contributed by atoms with Gasteiger partial charge in [0.05, 0.1) is 10.2 Å². The van der Waals surface area contributed by atoms with Gasteiger partial charge in [-0.2, -0.15) is 11.8 Å². The van der Waals surface area contributed by atoms with Crippen molar-refractivity contribution in [3.05, 3.63) is 22.7 Å². The Kier molecular flexibility index (Phi) is 3.56. The van der Waals surface area contributed by atoms with Gasteiger partial charge in [-0.15, -0.1) is 0 Å². The molecule has 1 aromatic heterocycles. The largest absolute Gasteiger partial charge is 0.360 e. The highest BCUT2D eigenvalue weighted by molar-refractivity contribution is 9.10. The van der Waals surface area contributed by atoms with Gasteiger partial charge in [-0.3, -0.25) is 0 Å². The van der Waals surface area contributed by atoms with Crippen LogP contribution in [-0.4, -0.2) is 22.0 Å². The lowest BCUT2D eigenvalue weighted by atomic mass is 10.1. The number of hydrogen-bond donors (Lipinski definition) is 1. The molecule has 0 amide bonds. The standard InChI is InChI=1S/C13H15BrN2S2/c1-13(5-2-6-17-13)8-15-12-16-10-7-9(14)3-4-11(10)18-12/h3-4,7H,2,5-6,8H2,1H3,(H,15,16). The van der Waals surface area contributed by atoms with Crippen LogP contribution in [-0.2, 0) is 0 Å². The Labute approximate surface area is 124 Å². The van der Waals surface area contributed by atoms with Crippen LogP contribution in [0.25, 0.3) is 10.2 Å². The predicted molar refractivity (Wildman–Crippen MR) is 85.9 cm³/mol. The van der Waals surface area contributed by atoms with E-state index in [0.29, 0.717) is 4.75 Å². The number of aromatic nitrogens is 1. The molecule has 0 saturated carbocycles. The second kappa shape index (κ2) is 5.02. The van der Waals surface area contributed by atoms with E-state index in [-0.39, 0.29) is 0 Å². The summed E-state index contributed by atoms with van der Waals surface area (Å²) < 4.78 is 2.72. The normalized spacial score (nSPS) is 23.7. The van der Waals surface area contributed by atoms with Crippen LogP contribution >= 0.6 is 39.0 Å². The third kappa shape index (κ3) is 2.68. The van der Waals surface area contributed by atoms with Crippen molar-refractivity contribution in [2.24, 2.45) is 0 Å². The smallest absolute Gasteiger partial charge is 0.183 e. The summed E-state index contributed by atoms with van der Waals surface area (Å²) in [5.41, 5.74) is 1.07. The molecule has 1 fully saturated rings. The summed E-state index contributed by atoms with van der Waals surface area (Å²) in [5.74, 6) is 1.30. The number of fused-ring (bicyclic) bond motifs is 1. The van der Waals surface area contributed by atoms with Gasteiger partial charge in [0.25, 0.3) is 0 Å². The molecule has 1 N–H and O–H groups in total. The maximum atomic E-state index is 4.63. The van der Waals surface area contributed by atoms with Gasteiger partial charge in [0.2, 0.25) is 0 Å². The van der Waals surface area contributed by atoms with Gasteiger partial charge in [0.15, 0.2) is 5.13 Å². The molecule has 1 atom stereocenters. The average Bonchev–Trinajstić information content (AvgIpc) is 2.93. The molecule has 0 bridgehead atoms. The first-order valence-electron chi connectivity index (χ1n) is 6.09. The van der Waals surface area contributed by atoms with Crippen molar-refractivity contribution in [1.29, 1.82) is 0 Å². The monoisotopic (exact) mass is 342 g/mol. The Bertz CT molecular complexity index is 561. The number of nitrogens with one attached hydrogen (secondary N) is 1. The summed E-state index contributed by atoms with van der Waals surface area (Å²) >= 11 is 7.30. The zero-order valence-corrected chi connectivity index (χ0v) is 13.4. The minimum atomic E-state index is 0.387. The fraction of sp³-hybridized carbons (Fsp3) is 0.462. The van der Waals surface area contributed by atoms with E-state index in [9.17, 15) is 0 Å². The minimum Gasteiger partial charge on any atom is -0.360 e. The van der Waals surface area contributed by atoms with Gasteiger partial charge in [-0.05, 0) is 43.7 Å². The third-order valence-corrected chi connectivity index (χ3v) is 6.29. The molecular weight excluding hydrogens is 328 g/mol. The van der Waals surface area contributed by atoms with Crippen LogP contribution < -0.4 is 5.32 Å². The van der Waals surface area contributed by atoms with Gasteiger partial charge < -0.3 is 5.32 Å². The molecular formula is C13H15BrN2S2. The summed E-state index contributed by atoms with van der Waals surface area (Å²) in [6, 6.07) is 6.26. The molecule has 0 aliphatic carbocycles. The Morgan fingerprint density at radius 1 is 1.50 bits per heavy atom. The van der Waals surface area contributed by atoms with Gasteiger partial charge in [0.1, 0.15) is 0 Å². The maximum absolute atomic E-state index is 4.63. The second-order valence-electron chi connectivity index (χ2n) is 4.89. The van der Waals surface area contributed by atoms with E-state index in [2.05, 4.69) is 63.1 Å². The van der Waals surface area contributed by atoms with E-state index in [4.69, 9.17) is 0 Å². The Morgan fingerprint density at radius 2 is 2.39 bits per heavy atom. The number of hydrogen-bond acceptors (Lipinski definition) is 4. The summed E-state index contributed by atoms with van der Waals surface area (Å²) in [7, 11) is 0. The number of thioether (sulfide) groups is 1. The van der Waals surface area contributed by atoms with Crippen molar-refractivity contribution in [3.8, 4) is 0 Å². The summed E-state index contributed by atoms with van der Waals surface area (Å²) in [6.45, 7) is 3.36. The van der Waals surface area contributed by atoms with Gasteiger partial charge in [-0.25, -0.2) is 4.98 Å². The average molecular weight is 343 g/mol. The van der Waals surface area contributed by atoms with Crippen molar-refractivity contribution >= 4 is 54.4 Å². The van der Waals surface area contributed by atoms with Crippen molar-refractivity contribution in [3.63, 3.8) is 0 Å². The Hall–Kier alpha value is -0.260. The number of halogens is 1. The van der Waals surface area contributed by atoms with Crippen molar-refractivity contribution in [1.82, 2.24) is 4.98 Å². The molecule has 2 aromatic rings. The molecule has 2 heterocycles. The van der Waals surface area contributed by atoms with E-state index >= 15 is 0 Å². The third-order valence-electron chi connectivity index (χ3n) is 3.26. The van der Waals surface area contributed by atoms with Crippen LogP contribution in [0.2, 0.25) is 0 Å². The van der Waals surface area contributed by atoms with Crippen LogP contribution in [0.15, 0.2) is 22.7 Å². The molecule has 18 heavy (non-hydrogen) atoms. The number of nitrogens with zero attached hydrogens (tertiary/aromatic N) is 1. The van der Waals surface area contributed by atoms with Crippen molar-refractivity contribution in [2.75, 3.05) is 17.6 Å². The molecule has 3 rings (SSSR count). The zero-order chi connectivity index (χ0) is 12.6. The van der Waals surface area contributed by atoms with Crippen LogP contribution in [0.4, 0.5) is 5.13 Å². The highest BCUT2D eigenvalue weighted by atomic mass is 79.9. The van der Waals surface area contributed by atoms with Gasteiger partial charge in [0, 0.05) is 15.8 Å². The lowest BCUT2D eigenvalue weighted by Crippen LogP contribution is -2.26. The molecule has 1 unspecified atom stereocenters. The molecule has 5 heteroatoms. The highest BCUT2D eigenvalue weighted by Crippen LogP contribution is 2.38. The van der Waals surface area contributed by atoms with Gasteiger partial charge >= 0.3 is 0 Å². The summed E-state index contributed by atoms with van der Waals surface area (Å²) in [4.78, 5) is 4.63. The number of thiazole rings is 1. The van der Waals surface area contributed by atoms with Crippen LogP contribution in [0.5, 0.6) is 0 Å². The van der Waals surface area contributed by atoms with Crippen LogP contribution in [0.1, 0.15) is 19.8 Å². The molecule has 2 nitrogen and oxygen atoms in total. The van der Waals surface area contributed by atoms with E-state index in [1.54, 1.807) is 11.3 Å². The van der Waals surface area contributed by atoms with Crippen LogP contribution in [0.3, 0.4) is 0 Å². The van der Waals surface area contributed by atoms with E-state index < -0.39 is 0 Å². The SMILES string of the molecule is CC1(CNc2nc3cc(Br)ccc3s2)CCCS1. The second-order valence-corrected chi connectivity index (χ2v) is 8.52. The molecule has 0 spiro atoms. The Morgan fingerprint density at radius 3 is 3.17 bits per heavy atom. The number of rotatable bonds is 3. The topological polar surface area (TPSA) is 24.9 Å². The molecule has 96 valence electrons. The number of anilines is 1. The highest BCUT2D eigenvalue weighted by Gasteiger charge is 2.29. The van der Waals surface area contributed by atoms with E-state index in [0.717, 1.165) is 21.7 Å². The van der Waals surface area contributed by atoms with Gasteiger partial charge in [-0.1, -0.05) is 27.3 Å². The first kappa shape index (κ1) is 12.8. The summed E-state index contributed by atoms with van der Waals surface area (Å²) in [5, 5.41) is 4.55. The Balaban J connectivity index is 1.74. The lowest BCUT2D eigenvalue weighted by molar-refractivity contribution is 0.634. The lowest BCUT2D eigenvalue weighted by Gasteiger charge is -2.22. The van der Waals surface area contributed by atoms with E-state index in [1.807, 2.05) is 0 Å². The molecule has 0 radical (unpaired) electrons. The first-order valence-corrected chi connectivity index (χ1v) is 8.68. The predicted octanol–water partition coefficient (Wildman–Crippen LogP) is 4.76. The fourth-order valence-electron chi connectivity index (χ4n) is 2.22. The molecule has 1 saturated heterocycles. The van der Waals surface area contributed by atoms with E-state index in [1.165, 1.54) is 23.3 Å². The molecule has 1 aliphatic heterocycles. The molecule has 1 aromatic carbocycles.